The van der Waals surface area contributed by atoms with Crippen LogP contribution in [0.1, 0.15) is 44.2 Å². The topological polar surface area (TPSA) is 32.3 Å². The number of nitrogens with one attached hydrogen (secondary N) is 1. The lowest BCUT2D eigenvalue weighted by atomic mass is 10.1. The van der Waals surface area contributed by atoms with E-state index in [0.717, 1.165) is 16.8 Å². The smallest absolute Gasteiger partial charge is 0.118 e. The van der Waals surface area contributed by atoms with Gasteiger partial charge in [0.1, 0.15) is 5.75 Å². The van der Waals surface area contributed by atoms with Gasteiger partial charge in [-0.3, -0.25) is 0 Å². The molecule has 0 saturated heterocycles. The number of hydrogen-bond acceptors (Lipinski definition) is 2. The predicted molar refractivity (Wildman–Crippen MR) is 70.2 cm³/mol. The summed E-state index contributed by atoms with van der Waals surface area (Å²) in [6.45, 7) is 8.37. The molecule has 0 heterocycles. The van der Waals surface area contributed by atoms with Gasteiger partial charge in [-0.2, -0.15) is 0 Å². The Morgan fingerprint density at radius 3 is 2.56 bits per heavy atom. The van der Waals surface area contributed by atoms with Crippen molar-refractivity contribution in [3.63, 3.8) is 0 Å². The fraction of sp³-hybridized carbons (Fsp3) is 0.571. The molecular formula is C14H23NO. The molecule has 1 unspecified atom stereocenters. The molecule has 1 atom stereocenters. The fourth-order valence-electron chi connectivity index (χ4n) is 1.80. The Balaban J connectivity index is 2.69. The summed E-state index contributed by atoms with van der Waals surface area (Å²) in [6, 6.07) is 4.33. The third-order valence-corrected chi connectivity index (χ3v) is 2.94. The van der Waals surface area contributed by atoms with E-state index < -0.39 is 0 Å². The standard InChI is InChI=1S/C14H23NO/c1-5-6-7-12(4)15-13-8-11(3)14(16)9-10(13)2/h8-9,12,15-16H,5-7H2,1-4H3. The van der Waals surface area contributed by atoms with E-state index in [1.54, 1.807) is 0 Å². The van der Waals surface area contributed by atoms with Crippen LogP contribution in [0.4, 0.5) is 5.69 Å². The van der Waals surface area contributed by atoms with Gasteiger partial charge in [-0.1, -0.05) is 19.8 Å². The number of aromatic hydroxyl groups is 1. The van der Waals surface area contributed by atoms with Crippen molar-refractivity contribution in [2.75, 3.05) is 5.32 Å². The highest BCUT2D eigenvalue weighted by molar-refractivity contribution is 5.57. The quantitative estimate of drug-likeness (QED) is 0.737. The Morgan fingerprint density at radius 2 is 1.94 bits per heavy atom. The lowest BCUT2D eigenvalue weighted by Gasteiger charge is -2.17. The van der Waals surface area contributed by atoms with Gasteiger partial charge in [0.05, 0.1) is 0 Å². The zero-order valence-corrected chi connectivity index (χ0v) is 10.8. The van der Waals surface area contributed by atoms with Gasteiger partial charge in [0.15, 0.2) is 0 Å². The summed E-state index contributed by atoms with van der Waals surface area (Å²) in [5, 5.41) is 13.1. The number of phenols is 1. The van der Waals surface area contributed by atoms with Crippen LogP contribution in [-0.2, 0) is 0 Å². The van der Waals surface area contributed by atoms with Gasteiger partial charge in [0, 0.05) is 11.7 Å². The maximum Gasteiger partial charge on any atom is 0.118 e. The molecule has 0 bridgehead atoms. The number of phenolic OH excluding ortho intramolecular Hbond substituents is 1. The minimum atomic E-state index is 0.379. The fourth-order valence-corrected chi connectivity index (χ4v) is 1.80. The predicted octanol–water partition coefficient (Wildman–Crippen LogP) is 4.00. The highest BCUT2D eigenvalue weighted by atomic mass is 16.3. The molecular weight excluding hydrogens is 198 g/mol. The monoisotopic (exact) mass is 221 g/mol. The van der Waals surface area contributed by atoms with Gasteiger partial charge in [-0.05, 0) is 50.5 Å². The van der Waals surface area contributed by atoms with Gasteiger partial charge in [-0.25, -0.2) is 0 Å². The molecule has 0 radical (unpaired) electrons. The number of anilines is 1. The van der Waals surface area contributed by atoms with Crippen LogP contribution in [-0.4, -0.2) is 11.1 Å². The first-order valence-electron chi connectivity index (χ1n) is 6.11. The second kappa shape index (κ2) is 5.78. The van der Waals surface area contributed by atoms with Crippen molar-refractivity contribution >= 4 is 5.69 Å². The SMILES string of the molecule is CCCCC(C)Nc1cc(C)c(O)cc1C. The van der Waals surface area contributed by atoms with E-state index in [-0.39, 0.29) is 0 Å². The Kier molecular flexibility index (Phi) is 4.66. The maximum atomic E-state index is 9.57. The van der Waals surface area contributed by atoms with Crippen molar-refractivity contribution in [3.05, 3.63) is 23.3 Å². The average molecular weight is 221 g/mol. The van der Waals surface area contributed by atoms with E-state index in [1.165, 1.54) is 19.3 Å². The average Bonchev–Trinajstić information content (AvgIpc) is 2.23. The second-order valence-electron chi connectivity index (χ2n) is 4.64. The number of benzene rings is 1. The molecule has 0 saturated carbocycles. The minimum absolute atomic E-state index is 0.379. The largest absolute Gasteiger partial charge is 0.508 e. The zero-order chi connectivity index (χ0) is 12.1. The molecule has 1 rings (SSSR count). The second-order valence-corrected chi connectivity index (χ2v) is 4.64. The molecule has 0 aliphatic heterocycles. The molecule has 0 fully saturated rings. The van der Waals surface area contributed by atoms with Gasteiger partial charge in [-0.15, -0.1) is 0 Å². The number of unbranched alkanes of at least 4 members (excludes halogenated alkanes) is 1. The maximum absolute atomic E-state index is 9.57. The van der Waals surface area contributed by atoms with E-state index in [9.17, 15) is 5.11 Å². The molecule has 2 N–H and O–H groups in total. The first-order chi connectivity index (χ1) is 7.54. The molecule has 0 amide bonds. The van der Waals surface area contributed by atoms with Crippen molar-refractivity contribution in [2.45, 2.75) is 53.0 Å². The molecule has 0 aliphatic rings. The molecule has 2 heteroatoms. The summed E-state index contributed by atoms with van der Waals surface area (Å²) in [5.41, 5.74) is 3.17. The highest BCUT2D eigenvalue weighted by Gasteiger charge is 2.06. The molecule has 1 aromatic carbocycles. The third-order valence-electron chi connectivity index (χ3n) is 2.94. The van der Waals surface area contributed by atoms with Crippen LogP contribution in [0.25, 0.3) is 0 Å². The molecule has 0 spiro atoms. The first-order valence-corrected chi connectivity index (χ1v) is 6.11. The van der Waals surface area contributed by atoms with Crippen LogP contribution >= 0.6 is 0 Å². The van der Waals surface area contributed by atoms with Crippen molar-refractivity contribution in [1.29, 1.82) is 0 Å². The van der Waals surface area contributed by atoms with Crippen molar-refractivity contribution < 1.29 is 5.11 Å². The zero-order valence-electron chi connectivity index (χ0n) is 10.8. The minimum Gasteiger partial charge on any atom is -0.508 e. The third kappa shape index (κ3) is 3.44. The summed E-state index contributed by atoms with van der Waals surface area (Å²) in [4.78, 5) is 0. The van der Waals surface area contributed by atoms with Crippen LogP contribution in [0.3, 0.4) is 0 Å². The molecule has 0 aromatic heterocycles. The van der Waals surface area contributed by atoms with Crippen LogP contribution < -0.4 is 5.32 Å². The van der Waals surface area contributed by atoms with E-state index in [2.05, 4.69) is 19.2 Å². The molecule has 2 nitrogen and oxygen atoms in total. The summed E-state index contributed by atoms with van der Waals surface area (Å²) in [7, 11) is 0. The normalized spacial score (nSPS) is 12.5. The summed E-state index contributed by atoms with van der Waals surface area (Å²) >= 11 is 0. The Hall–Kier alpha value is -1.18. The van der Waals surface area contributed by atoms with Crippen molar-refractivity contribution in [1.82, 2.24) is 0 Å². The lowest BCUT2D eigenvalue weighted by Crippen LogP contribution is -2.15. The van der Waals surface area contributed by atoms with Gasteiger partial charge >= 0.3 is 0 Å². The van der Waals surface area contributed by atoms with E-state index in [4.69, 9.17) is 0 Å². The van der Waals surface area contributed by atoms with E-state index >= 15 is 0 Å². The first kappa shape index (κ1) is 12.9. The van der Waals surface area contributed by atoms with Gasteiger partial charge in [0.2, 0.25) is 0 Å². The highest BCUT2D eigenvalue weighted by Crippen LogP contribution is 2.25. The number of aryl methyl sites for hydroxylation is 2. The van der Waals surface area contributed by atoms with Crippen LogP contribution in [0, 0.1) is 13.8 Å². The van der Waals surface area contributed by atoms with Gasteiger partial charge in [0.25, 0.3) is 0 Å². The van der Waals surface area contributed by atoms with Gasteiger partial charge < -0.3 is 10.4 Å². The number of rotatable bonds is 5. The van der Waals surface area contributed by atoms with E-state index in [0.29, 0.717) is 11.8 Å². The Morgan fingerprint density at radius 1 is 1.25 bits per heavy atom. The lowest BCUT2D eigenvalue weighted by molar-refractivity contribution is 0.470. The molecule has 90 valence electrons. The van der Waals surface area contributed by atoms with Crippen LogP contribution in [0.5, 0.6) is 5.75 Å². The van der Waals surface area contributed by atoms with Crippen LogP contribution in [0.15, 0.2) is 12.1 Å². The Bertz CT molecular complexity index is 347. The summed E-state index contributed by atoms with van der Waals surface area (Å²) < 4.78 is 0. The Labute approximate surface area is 98.7 Å². The molecule has 1 aromatic rings. The van der Waals surface area contributed by atoms with Crippen molar-refractivity contribution in [2.24, 2.45) is 0 Å². The van der Waals surface area contributed by atoms with Crippen molar-refractivity contribution in [3.8, 4) is 5.75 Å². The summed E-state index contributed by atoms with van der Waals surface area (Å²) in [6.07, 6.45) is 3.68. The van der Waals surface area contributed by atoms with E-state index in [1.807, 2.05) is 26.0 Å². The van der Waals surface area contributed by atoms with Crippen LogP contribution in [0.2, 0.25) is 0 Å². The summed E-state index contributed by atoms with van der Waals surface area (Å²) in [5.74, 6) is 0.379. The molecule has 0 aliphatic carbocycles. The molecule has 16 heavy (non-hydrogen) atoms. The number of hydrogen-bond donors (Lipinski definition) is 2.